The second-order valence-electron chi connectivity index (χ2n) is 8.70. The maximum absolute atomic E-state index is 6.96. The molecule has 4 aliphatic rings. The fraction of sp³-hybridized carbons (Fsp3) is 0.824. The van der Waals surface area contributed by atoms with E-state index in [1.54, 1.807) is 0 Å². The summed E-state index contributed by atoms with van der Waals surface area (Å²) >= 11 is 6.96. The molecule has 1 aromatic rings. The van der Waals surface area contributed by atoms with E-state index in [4.69, 9.17) is 11.6 Å². The van der Waals surface area contributed by atoms with Gasteiger partial charge in [-0.05, 0) is 60.7 Å². The first-order valence-electron chi connectivity index (χ1n) is 8.03. The predicted octanol–water partition coefficient (Wildman–Crippen LogP) is 4.56. The summed E-state index contributed by atoms with van der Waals surface area (Å²) in [6, 6.07) is 0. The van der Waals surface area contributed by atoms with Crippen LogP contribution in [0.15, 0.2) is 12.4 Å². The largest absolute Gasteiger partial charge is 0.349 e. The van der Waals surface area contributed by atoms with E-state index in [-0.39, 0.29) is 5.38 Å². The van der Waals surface area contributed by atoms with E-state index >= 15 is 0 Å². The Morgan fingerprint density at radius 3 is 2.50 bits per heavy atom. The van der Waals surface area contributed by atoms with Crippen molar-refractivity contribution < 1.29 is 0 Å². The van der Waals surface area contributed by atoms with Gasteiger partial charge >= 0.3 is 0 Å². The number of rotatable bonds is 3. The second kappa shape index (κ2) is 4.03. The zero-order valence-electron chi connectivity index (χ0n) is 12.6. The van der Waals surface area contributed by atoms with Crippen LogP contribution in [0.4, 0.5) is 0 Å². The Labute approximate surface area is 126 Å². The highest BCUT2D eigenvalue weighted by Gasteiger charge is 2.61. The van der Waals surface area contributed by atoms with Gasteiger partial charge in [-0.3, -0.25) is 0 Å². The van der Waals surface area contributed by atoms with Crippen molar-refractivity contribution in [3.63, 3.8) is 0 Å². The molecule has 1 N–H and O–H groups in total. The van der Waals surface area contributed by atoms with Crippen LogP contribution in [0.5, 0.6) is 0 Å². The molecule has 1 aromatic heterocycles. The second-order valence-corrected chi connectivity index (χ2v) is 9.23. The predicted molar refractivity (Wildman–Crippen MR) is 81.8 cm³/mol. The number of nitrogens with one attached hydrogen (secondary N) is 1. The molecular weight excluding hydrogens is 268 g/mol. The zero-order valence-corrected chi connectivity index (χ0v) is 13.3. The number of aromatic nitrogens is 2. The molecule has 3 heteroatoms. The number of halogens is 1. The molecule has 4 saturated carbocycles. The van der Waals surface area contributed by atoms with Crippen LogP contribution in [0.1, 0.15) is 58.2 Å². The molecule has 110 valence electrons. The van der Waals surface area contributed by atoms with E-state index in [2.05, 4.69) is 23.8 Å². The van der Waals surface area contributed by atoms with Crippen LogP contribution in [0.3, 0.4) is 0 Å². The SMILES string of the molecule is CC12CC3CC(C)(C1)CC(C(Cl)Cc1ncc[nH]1)(C3)C2. The summed E-state index contributed by atoms with van der Waals surface area (Å²) in [5.74, 6) is 1.97. The maximum Gasteiger partial charge on any atom is 0.107 e. The third-order valence-corrected chi connectivity index (χ3v) is 6.88. The summed E-state index contributed by atoms with van der Waals surface area (Å²) in [5, 5.41) is 0.232. The van der Waals surface area contributed by atoms with Gasteiger partial charge in [-0.1, -0.05) is 13.8 Å². The molecule has 4 bridgehead atoms. The minimum Gasteiger partial charge on any atom is -0.349 e. The molecule has 0 amide bonds. The molecule has 1 heterocycles. The van der Waals surface area contributed by atoms with Crippen molar-refractivity contribution in [2.24, 2.45) is 22.2 Å². The molecule has 3 unspecified atom stereocenters. The molecule has 0 aliphatic heterocycles. The quantitative estimate of drug-likeness (QED) is 0.813. The fourth-order valence-electron chi connectivity index (χ4n) is 6.68. The van der Waals surface area contributed by atoms with Crippen LogP contribution in [0.2, 0.25) is 0 Å². The van der Waals surface area contributed by atoms with Crippen molar-refractivity contribution in [2.45, 2.75) is 64.2 Å². The number of hydrogen-bond donors (Lipinski definition) is 1. The topological polar surface area (TPSA) is 28.7 Å². The van der Waals surface area contributed by atoms with Gasteiger partial charge < -0.3 is 4.98 Å². The Morgan fingerprint density at radius 1 is 1.25 bits per heavy atom. The summed E-state index contributed by atoms with van der Waals surface area (Å²) in [5.41, 5.74) is 1.45. The molecule has 0 spiro atoms. The summed E-state index contributed by atoms with van der Waals surface area (Å²) < 4.78 is 0. The molecule has 2 nitrogen and oxygen atoms in total. The number of alkyl halides is 1. The van der Waals surface area contributed by atoms with Crippen molar-refractivity contribution in [1.29, 1.82) is 0 Å². The molecule has 3 atom stereocenters. The highest BCUT2D eigenvalue weighted by molar-refractivity contribution is 6.21. The fourth-order valence-corrected chi connectivity index (χ4v) is 7.07. The van der Waals surface area contributed by atoms with Crippen LogP contribution < -0.4 is 0 Å². The smallest absolute Gasteiger partial charge is 0.107 e. The third-order valence-electron chi connectivity index (χ3n) is 6.26. The number of H-pyrrole nitrogens is 1. The van der Waals surface area contributed by atoms with Gasteiger partial charge in [0, 0.05) is 24.2 Å². The Kier molecular flexibility index (Phi) is 2.66. The molecule has 0 radical (unpaired) electrons. The van der Waals surface area contributed by atoms with E-state index in [0.29, 0.717) is 16.2 Å². The van der Waals surface area contributed by atoms with Gasteiger partial charge in [0.25, 0.3) is 0 Å². The lowest BCUT2D eigenvalue weighted by Gasteiger charge is -2.66. The summed E-state index contributed by atoms with van der Waals surface area (Å²) in [6.45, 7) is 5.03. The van der Waals surface area contributed by atoms with E-state index in [1.807, 2.05) is 12.4 Å². The molecule has 5 rings (SSSR count). The van der Waals surface area contributed by atoms with Crippen LogP contribution in [0.25, 0.3) is 0 Å². The van der Waals surface area contributed by atoms with E-state index in [9.17, 15) is 0 Å². The summed E-state index contributed by atoms with van der Waals surface area (Å²) in [7, 11) is 0. The minimum absolute atomic E-state index is 0.232. The number of imidazole rings is 1. The number of nitrogens with zero attached hydrogens (tertiary/aromatic N) is 1. The lowest BCUT2D eigenvalue weighted by Crippen LogP contribution is -2.58. The van der Waals surface area contributed by atoms with Gasteiger partial charge in [-0.2, -0.15) is 0 Å². The average Bonchev–Trinajstić information content (AvgIpc) is 2.76. The molecule has 4 aliphatic carbocycles. The average molecular weight is 293 g/mol. The first-order valence-corrected chi connectivity index (χ1v) is 8.47. The van der Waals surface area contributed by atoms with Crippen molar-refractivity contribution >= 4 is 11.6 Å². The van der Waals surface area contributed by atoms with E-state index < -0.39 is 0 Å². The molecule has 0 saturated heterocycles. The van der Waals surface area contributed by atoms with Crippen LogP contribution >= 0.6 is 11.6 Å². The van der Waals surface area contributed by atoms with Crippen molar-refractivity contribution in [3.05, 3.63) is 18.2 Å². The van der Waals surface area contributed by atoms with Gasteiger partial charge in [-0.15, -0.1) is 11.6 Å². The van der Waals surface area contributed by atoms with Crippen LogP contribution in [0, 0.1) is 22.2 Å². The van der Waals surface area contributed by atoms with Crippen molar-refractivity contribution in [3.8, 4) is 0 Å². The Balaban J connectivity index is 1.63. The highest BCUT2D eigenvalue weighted by atomic mass is 35.5. The van der Waals surface area contributed by atoms with E-state index in [0.717, 1.165) is 18.2 Å². The van der Waals surface area contributed by atoms with Gasteiger partial charge in [0.15, 0.2) is 0 Å². The highest BCUT2D eigenvalue weighted by Crippen LogP contribution is 2.71. The van der Waals surface area contributed by atoms with E-state index in [1.165, 1.54) is 38.5 Å². The van der Waals surface area contributed by atoms with Gasteiger partial charge in [0.2, 0.25) is 0 Å². The molecule has 4 fully saturated rings. The summed E-state index contributed by atoms with van der Waals surface area (Å²) in [6.07, 6.45) is 13.0. The van der Waals surface area contributed by atoms with Gasteiger partial charge in [-0.25, -0.2) is 4.98 Å². The molecule has 20 heavy (non-hydrogen) atoms. The minimum atomic E-state index is 0.232. The standard InChI is InChI=1S/C17H25ClN2/c1-15-6-12-7-16(2,9-15)11-17(8-12,10-15)13(18)5-14-19-3-4-20-14/h3-4,12-13H,5-11H2,1-2H3,(H,19,20). The third kappa shape index (κ3) is 1.94. The lowest BCUT2D eigenvalue weighted by atomic mass is 9.39. The Hall–Kier alpha value is -0.500. The monoisotopic (exact) mass is 292 g/mol. The Bertz CT molecular complexity index is 491. The molecule has 0 aromatic carbocycles. The van der Waals surface area contributed by atoms with Crippen molar-refractivity contribution in [1.82, 2.24) is 9.97 Å². The maximum atomic E-state index is 6.96. The molecular formula is C17H25ClN2. The van der Waals surface area contributed by atoms with Gasteiger partial charge in [0.1, 0.15) is 5.82 Å². The number of hydrogen-bond acceptors (Lipinski definition) is 1. The first kappa shape index (κ1) is 13.2. The normalized spacial score (nSPS) is 47.6. The zero-order chi connectivity index (χ0) is 14.0. The van der Waals surface area contributed by atoms with Crippen molar-refractivity contribution in [2.75, 3.05) is 0 Å². The summed E-state index contributed by atoms with van der Waals surface area (Å²) in [4.78, 5) is 7.60. The van der Waals surface area contributed by atoms with Crippen LogP contribution in [-0.4, -0.2) is 15.3 Å². The Morgan fingerprint density at radius 2 is 1.95 bits per heavy atom. The first-order chi connectivity index (χ1) is 9.41. The number of aromatic amines is 1. The van der Waals surface area contributed by atoms with Gasteiger partial charge in [0.05, 0.1) is 0 Å². The van der Waals surface area contributed by atoms with Crippen LogP contribution in [-0.2, 0) is 6.42 Å². The lowest BCUT2D eigenvalue weighted by molar-refractivity contribution is -0.145.